The van der Waals surface area contributed by atoms with Gasteiger partial charge in [0.1, 0.15) is 5.70 Å². The van der Waals surface area contributed by atoms with Gasteiger partial charge in [-0.3, -0.25) is 4.79 Å². The van der Waals surface area contributed by atoms with E-state index in [2.05, 4.69) is 17.1 Å². The Kier molecular flexibility index (Phi) is 7.01. The first-order valence-electron chi connectivity index (χ1n) is 11.9. The lowest BCUT2D eigenvalue weighted by Gasteiger charge is -2.46. The molecule has 31 heavy (non-hydrogen) atoms. The van der Waals surface area contributed by atoms with Gasteiger partial charge < -0.3 is 25.3 Å². The molecule has 0 bridgehead atoms. The van der Waals surface area contributed by atoms with Crippen LogP contribution in [0.1, 0.15) is 52.9 Å². The van der Waals surface area contributed by atoms with Gasteiger partial charge in [-0.25, -0.2) is 4.79 Å². The van der Waals surface area contributed by atoms with Crippen molar-refractivity contribution < 1.29 is 19.8 Å². The van der Waals surface area contributed by atoms with Gasteiger partial charge >= 0.3 is 5.97 Å². The molecule has 174 valence electrons. The predicted molar refractivity (Wildman–Crippen MR) is 121 cm³/mol. The Morgan fingerprint density at radius 2 is 1.94 bits per heavy atom. The number of carboxylic acid groups (broad SMARTS) is 1. The number of nitrogens with one attached hydrogen (secondary N) is 1. The molecule has 4 atom stereocenters. The van der Waals surface area contributed by atoms with Crippen molar-refractivity contribution in [3.63, 3.8) is 0 Å². The van der Waals surface area contributed by atoms with Crippen molar-refractivity contribution in [2.24, 2.45) is 17.8 Å². The molecule has 3 aliphatic heterocycles. The molecule has 4 aliphatic rings. The van der Waals surface area contributed by atoms with E-state index in [1.807, 2.05) is 6.92 Å². The van der Waals surface area contributed by atoms with Gasteiger partial charge in [-0.1, -0.05) is 13.8 Å². The summed E-state index contributed by atoms with van der Waals surface area (Å²) in [6, 6.07) is 0.480. The Bertz CT molecular complexity index is 728. The molecule has 0 unspecified atom stereocenters. The highest BCUT2D eigenvalue weighted by Gasteiger charge is 2.60. The van der Waals surface area contributed by atoms with E-state index < -0.39 is 18.0 Å². The Hall–Kier alpha value is -1.09. The van der Waals surface area contributed by atoms with E-state index in [1.165, 1.54) is 37.0 Å². The second-order valence-electron chi connectivity index (χ2n) is 9.90. The lowest BCUT2D eigenvalue weighted by molar-refractivity contribution is -0.163. The average Bonchev–Trinajstić information content (AvgIpc) is 2.94. The number of aliphatic hydroxyl groups excluding tert-OH is 1. The summed E-state index contributed by atoms with van der Waals surface area (Å²) in [5.74, 6) is -1.02. The van der Waals surface area contributed by atoms with Gasteiger partial charge in [0.15, 0.2) is 0 Å². The molecule has 0 aromatic carbocycles. The Morgan fingerprint density at radius 3 is 2.52 bits per heavy atom. The minimum Gasteiger partial charge on any atom is -0.477 e. The number of amides is 1. The zero-order valence-electron chi connectivity index (χ0n) is 18.9. The van der Waals surface area contributed by atoms with Crippen molar-refractivity contribution >= 4 is 23.6 Å². The first kappa shape index (κ1) is 23.1. The number of aliphatic carboxylic acids is 1. The molecule has 0 radical (unpaired) electrons. The molecule has 8 heteroatoms. The molecule has 0 aromatic rings. The second-order valence-corrected chi connectivity index (χ2v) is 11.2. The van der Waals surface area contributed by atoms with E-state index in [0.717, 1.165) is 37.0 Å². The molecule has 7 nitrogen and oxygen atoms in total. The number of carbonyl (C=O) groups excluding carboxylic acids is 1. The molecule has 3 fully saturated rings. The Morgan fingerprint density at radius 1 is 1.26 bits per heavy atom. The van der Waals surface area contributed by atoms with Crippen molar-refractivity contribution in [3.05, 3.63) is 10.6 Å². The zero-order valence-corrected chi connectivity index (χ0v) is 19.7. The van der Waals surface area contributed by atoms with E-state index in [0.29, 0.717) is 11.3 Å². The lowest BCUT2D eigenvalue weighted by Crippen LogP contribution is -2.63. The normalized spacial score (nSPS) is 35.0. The summed E-state index contributed by atoms with van der Waals surface area (Å²) in [5.41, 5.74) is 0.153. The lowest BCUT2D eigenvalue weighted by atomic mass is 9.79. The minimum absolute atomic E-state index is 0.0339. The number of aliphatic hydroxyl groups is 1. The molecule has 4 rings (SSSR count). The van der Waals surface area contributed by atoms with Crippen LogP contribution in [0.15, 0.2) is 10.6 Å². The summed E-state index contributed by atoms with van der Waals surface area (Å²) in [7, 11) is 0. The molecular formula is C23H37N3O4S. The largest absolute Gasteiger partial charge is 0.477 e. The number of carbonyl (C=O) groups is 2. The van der Waals surface area contributed by atoms with Crippen LogP contribution in [0.3, 0.4) is 0 Å². The second kappa shape index (κ2) is 9.41. The zero-order chi connectivity index (χ0) is 22.3. The third-order valence-electron chi connectivity index (χ3n) is 7.57. The maximum Gasteiger partial charge on any atom is 0.353 e. The topological polar surface area (TPSA) is 93.1 Å². The molecule has 3 heterocycles. The summed E-state index contributed by atoms with van der Waals surface area (Å²) in [6.45, 7) is 10.1. The van der Waals surface area contributed by atoms with Crippen LogP contribution in [0.25, 0.3) is 0 Å². The summed E-state index contributed by atoms with van der Waals surface area (Å²) in [5, 5.41) is 23.8. The molecular weight excluding hydrogens is 414 g/mol. The minimum atomic E-state index is -1.03. The van der Waals surface area contributed by atoms with Crippen molar-refractivity contribution in [1.82, 2.24) is 15.1 Å². The molecule has 0 spiro atoms. The van der Waals surface area contributed by atoms with Crippen LogP contribution in [0, 0.1) is 17.8 Å². The number of thioether (sulfide) groups is 1. The molecule has 1 aliphatic carbocycles. The number of likely N-dealkylation sites (tertiary alicyclic amines) is 1. The van der Waals surface area contributed by atoms with Crippen LogP contribution in [-0.4, -0.2) is 81.5 Å². The molecule has 1 amide bonds. The van der Waals surface area contributed by atoms with Crippen molar-refractivity contribution in [2.75, 3.05) is 26.2 Å². The highest BCUT2D eigenvalue weighted by atomic mass is 32.2. The van der Waals surface area contributed by atoms with Crippen LogP contribution in [-0.2, 0) is 9.59 Å². The molecule has 2 saturated heterocycles. The van der Waals surface area contributed by atoms with Gasteiger partial charge in [0.2, 0.25) is 5.91 Å². The highest BCUT2D eigenvalue weighted by molar-refractivity contribution is 8.03. The monoisotopic (exact) mass is 451 g/mol. The van der Waals surface area contributed by atoms with Crippen LogP contribution < -0.4 is 5.32 Å². The fraction of sp³-hybridized carbons (Fsp3) is 0.826. The quantitative estimate of drug-likeness (QED) is 0.462. The van der Waals surface area contributed by atoms with E-state index in [9.17, 15) is 19.8 Å². The van der Waals surface area contributed by atoms with Crippen molar-refractivity contribution in [2.45, 2.75) is 76.3 Å². The standard InChI is InChI=1S/C23H37N3O4S/c1-4-9-24-16-7-5-15(6-8-16)10-25-11-17(12-25)31-21-13(2)19-18(14(3)27)22(28)26(19)20(21)23(29)30/h13-19,24,27H,4-12H2,1-3H3,(H,29,30)/t13-,14-,15?,16?,18-,19-/m1/s1. The predicted octanol–water partition coefficient (Wildman–Crippen LogP) is 2.12. The fourth-order valence-corrected chi connectivity index (χ4v) is 7.45. The summed E-state index contributed by atoms with van der Waals surface area (Å²) >= 11 is 1.65. The first-order chi connectivity index (χ1) is 14.8. The summed E-state index contributed by atoms with van der Waals surface area (Å²) in [4.78, 5) is 29.1. The number of hydrogen-bond acceptors (Lipinski definition) is 6. The smallest absolute Gasteiger partial charge is 0.353 e. The van der Waals surface area contributed by atoms with E-state index in [-0.39, 0.29) is 23.6 Å². The van der Waals surface area contributed by atoms with E-state index in [1.54, 1.807) is 18.7 Å². The highest BCUT2D eigenvalue weighted by Crippen LogP contribution is 2.52. The van der Waals surface area contributed by atoms with Gasteiger partial charge in [0, 0.05) is 41.7 Å². The van der Waals surface area contributed by atoms with Crippen LogP contribution >= 0.6 is 11.8 Å². The number of nitrogens with zero attached hydrogens (tertiary/aromatic N) is 2. The molecule has 3 N–H and O–H groups in total. The van der Waals surface area contributed by atoms with Gasteiger partial charge in [-0.15, -0.1) is 11.8 Å². The third-order valence-corrected chi connectivity index (χ3v) is 9.03. The fourth-order valence-electron chi connectivity index (χ4n) is 5.87. The van der Waals surface area contributed by atoms with Crippen LogP contribution in [0.4, 0.5) is 0 Å². The number of carboxylic acids is 1. The van der Waals surface area contributed by atoms with Gasteiger partial charge in [-0.2, -0.15) is 0 Å². The number of hydrogen-bond donors (Lipinski definition) is 3. The van der Waals surface area contributed by atoms with Crippen LogP contribution in [0.5, 0.6) is 0 Å². The van der Waals surface area contributed by atoms with E-state index in [4.69, 9.17) is 0 Å². The molecule has 1 saturated carbocycles. The van der Waals surface area contributed by atoms with Gasteiger partial charge in [-0.05, 0) is 51.5 Å². The van der Waals surface area contributed by atoms with E-state index >= 15 is 0 Å². The molecule has 0 aromatic heterocycles. The van der Waals surface area contributed by atoms with Crippen LogP contribution in [0.2, 0.25) is 0 Å². The maximum absolute atomic E-state index is 12.5. The Balaban J connectivity index is 1.27. The SMILES string of the molecule is CCCNC1CCC(CN2CC(SC3=C(C(=O)O)N4C(=O)[C@H]([C@@H](C)O)[C@H]4[C@H]3C)C2)CC1. The van der Waals surface area contributed by atoms with Crippen molar-refractivity contribution in [1.29, 1.82) is 0 Å². The number of β-lactam (4-membered cyclic amide) rings is 1. The summed E-state index contributed by atoms with van der Waals surface area (Å²) < 4.78 is 0. The van der Waals surface area contributed by atoms with Gasteiger partial charge in [0.05, 0.1) is 18.1 Å². The Labute approximate surface area is 189 Å². The number of fused-ring (bicyclic) bond motifs is 1. The maximum atomic E-state index is 12.5. The number of rotatable bonds is 9. The van der Waals surface area contributed by atoms with Gasteiger partial charge in [0.25, 0.3) is 0 Å². The average molecular weight is 452 g/mol. The van der Waals surface area contributed by atoms with Crippen molar-refractivity contribution in [3.8, 4) is 0 Å². The summed E-state index contributed by atoms with van der Waals surface area (Å²) in [6.07, 6.45) is 5.58. The first-order valence-corrected chi connectivity index (χ1v) is 12.8. The third kappa shape index (κ3) is 4.41.